The Morgan fingerprint density at radius 3 is 2.31 bits per heavy atom. The lowest BCUT2D eigenvalue weighted by Gasteiger charge is -2.37. The summed E-state index contributed by atoms with van der Waals surface area (Å²) in [6.45, 7) is 8.83. The quantitative estimate of drug-likeness (QED) is 0.737. The number of hydrogen-bond donors (Lipinski definition) is 0. The lowest BCUT2D eigenvalue weighted by Crippen LogP contribution is -2.49. The van der Waals surface area contributed by atoms with Gasteiger partial charge in [-0.15, -0.1) is 0 Å². The van der Waals surface area contributed by atoms with Gasteiger partial charge in [-0.1, -0.05) is 13.8 Å². The number of carbonyl (C=O) groups is 1. The lowest BCUT2D eigenvalue weighted by atomic mass is 9.81. The van der Waals surface area contributed by atoms with E-state index in [-0.39, 0.29) is 11.4 Å². The van der Waals surface area contributed by atoms with Crippen molar-refractivity contribution in [2.24, 2.45) is 5.41 Å². The largest absolute Gasteiger partial charge is 0.336 e. The van der Waals surface area contributed by atoms with Crippen LogP contribution in [0.2, 0.25) is 0 Å². The van der Waals surface area contributed by atoms with Gasteiger partial charge < -0.3 is 4.90 Å². The highest BCUT2D eigenvalue weighted by Gasteiger charge is 2.45. The standard InChI is InChI=1S/C13H22N2O/c1-5-13(6-2,10-14)11(16)15-9-7-8-12(15,3)4/h5-9H2,1-4H3. The Balaban J connectivity index is 2.97. The number of hydrogen-bond acceptors (Lipinski definition) is 2. The molecule has 0 aromatic rings. The summed E-state index contributed by atoms with van der Waals surface area (Å²) in [4.78, 5) is 14.4. The third kappa shape index (κ3) is 1.93. The van der Waals surface area contributed by atoms with Gasteiger partial charge in [0.1, 0.15) is 5.41 Å². The molecule has 3 heteroatoms. The van der Waals surface area contributed by atoms with E-state index >= 15 is 0 Å². The first-order valence-electron chi connectivity index (χ1n) is 6.17. The van der Waals surface area contributed by atoms with E-state index in [4.69, 9.17) is 0 Å². The fourth-order valence-electron chi connectivity index (χ4n) is 2.50. The Bertz CT molecular complexity index is 310. The van der Waals surface area contributed by atoms with Crippen molar-refractivity contribution >= 4 is 5.91 Å². The number of nitriles is 1. The van der Waals surface area contributed by atoms with Crippen molar-refractivity contribution < 1.29 is 4.79 Å². The molecule has 1 fully saturated rings. The van der Waals surface area contributed by atoms with Crippen LogP contribution in [0.1, 0.15) is 53.4 Å². The second-order valence-corrected chi connectivity index (χ2v) is 5.27. The molecule has 0 aromatic heterocycles. The molecule has 16 heavy (non-hydrogen) atoms. The Hall–Kier alpha value is -1.04. The molecule has 1 aliphatic rings. The second-order valence-electron chi connectivity index (χ2n) is 5.27. The van der Waals surface area contributed by atoms with Crippen LogP contribution >= 0.6 is 0 Å². The molecule has 1 saturated heterocycles. The van der Waals surface area contributed by atoms with Gasteiger partial charge in [0, 0.05) is 12.1 Å². The fourth-order valence-corrected chi connectivity index (χ4v) is 2.50. The molecule has 1 heterocycles. The van der Waals surface area contributed by atoms with Crippen LogP contribution in [-0.4, -0.2) is 22.9 Å². The summed E-state index contributed by atoms with van der Waals surface area (Å²) in [5.74, 6) is 0.0301. The summed E-state index contributed by atoms with van der Waals surface area (Å²) in [7, 11) is 0. The summed E-state index contributed by atoms with van der Waals surface area (Å²) in [5, 5.41) is 9.28. The zero-order valence-corrected chi connectivity index (χ0v) is 10.8. The van der Waals surface area contributed by atoms with E-state index < -0.39 is 5.41 Å². The first kappa shape index (κ1) is 13.0. The van der Waals surface area contributed by atoms with Crippen molar-refractivity contribution in [1.29, 1.82) is 5.26 Å². The maximum Gasteiger partial charge on any atom is 0.243 e. The molecular weight excluding hydrogens is 200 g/mol. The molecule has 1 rings (SSSR count). The summed E-state index contributed by atoms with van der Waals surface area (Å²) in [6, 6.07) is 2.24. The maximum atomic E-state index is 12.5. The molecule has 0 bridgehead atoms. The van der Waals surface area contributed by atoms with E-state index in [1.165, 1.54) is 0 Å². The van der Waals surface area contributed by atoms with Crippen molar-refractivity contribution in [3.63, 3.8) is 0 Å². The van der Waals surface area contributed by atoms with E-state index in [0.29, 0.717) is 12.8 Å². The van der Waals surface area contributed by atoms with Gasteiger partial charge in [-0.3, -0.25) is 4.79 Å². The summed E-state index contributed by atoms with van der Waals surface area (Å²) >= 11 is 0. The van der Waals surface area contributed by atoms with Crippen molar-refractivity contribution in [3.8, 4) is 6.07 Å². The summed E-state index contributed by atoms with van der Waals surface area (Å²) < 4.78 is 0. The normalized spacial score (nSPS) is 19.6. The van der Waals surface area contributed by atoms with E-state index in [2.05, 4.69) is 19.9 Å². The highest BCUT2D eigenvalue weighted by molar-refractivity contribution is 5.86. The minimum absolute atomic E-state index is 0.0301. The van der Waals surface area contributed by atoms with E-state index in [9.17, 15) is 10.1 Å². The topological polar surface area (TPSA) is 44.1 Å². The molecule has 0 aliphatic carbocycles. The summed E-state index contributed by atoms with van der Waals surface area (Å²) in [5.41, 5.74) is -0.884. The van der Waals surface area contributed by atoms with Gasteiger partial charge in [0.25, 0.3) is 0 Å². The van der Waals surface area contributed by atoms with E-state index in [1.807, 2.05) is 18.7 Å². The molecule has 0 atom stereocenters. The molecule has 0 unspecified atom stereocenters. The van der Waals surface area contributed by atoms with E-state index in [0.717, 1.165) is 19.4 Å². The zero-order chi connectivity index (χ0) is 12.4. The van der Waals surface area contributed by atoms with Gasteiger partial charge in [0.2, 0.25) is 5.91 Å². The second kappa shape index (κ2) is 4.45. The highest BCUT2D eigenvalue weighted by atomic mass is 16.2. The van der Waals surface area contributed by atoms with Crippen molar-refractivity contribution in [2.75, 3.05) is 6.54 Å². The smallest absolute Gasteiger partial charge is 0.243 e. The predicted molar refractivity (Wildman–Crippen MR) is 63.7 cm³/mol. The molecule has 0 saturated carbocycles. The Morgan fingerprint density at radius 2 is 2.00 bits per heavy atom. The van der Waals surface area contributed by atoms with Crippen molar-refractivity contribution in [1.82, 2.24) is 4.90 Å². The molecule has 0 spiro atoms. The van der Waals surface area contributed by atoms with Crippen LogP contribution in [0.5, 0.6) is 0 Å². The molecular formula is C13H22N2O. The average Bonchev–Trinajstić information content (AvgIpc) is 2.61. The van der Waals surface area contributed by atoms with Crippen LogP contribution in [0.15, 0.2) is 0 Å². The van der Waals surface area contributed by atoms with Crippen LogP contribution in [0.25, 0.3) is 0 Å². The van der Waals surface area contributed by atoms with Gasteiger partial charge >= 0.3 is 0 Å². The number of rotatable bonds is 3. The first-order chi connectivity index (χ1) is 7.43. The van der Waals surface area contributed by atoms with Crippen LogP contribution < -0.4 is 0 Å². The minimum Gasteiger partial charge on any atom is -0.336 e. The maximum absolute atomic E-state index is 12.5. The number of carbonyl (C=O) groups excluding carboxylic acids is 1. The van der Waals surface area contributed by atoms with Gasteiger partial charge in [-0.05, 0) is 39.5 Å². The van der Waals surface area contributed by atoms with Gasteiger partial charge in [0.05, 0.1) is 6.07 Å². The van der Waals surface area contributed by atoms with Crippen LogP contribution in [0.4, 0.5) is 0 Å². The molecule has 1 aliphatic heterocycles. The van der Waals surface area contributed by atoms with Crippen molar-refractivity contribution in [3.05, 3.63) is 0 Å². The van der Waals surface area contributed by atoms with Crippen LogP contribution in [0.3, 0.4) is 0 Å². The SMILES string of the molecule is CCC(C#N)(CC)C(=O)N1CCCC1(C)C. The average molecular weight is 222 g/mol. The first-order valence-corrected chi connectivity index (χ1v) is 6.17. The third-order valence-corrected chi connectivity index (χ3v) is 3.98. The minimum atomic E-state index is -0.804. The molecule has 0 radical (unpaired) electrons. The summed E-state index contributed by atoms with van der Waals surface area (Å²) in [6.07, 6.45) is 3.29. The lowest BCUT2D eigenvalue weighted by molar-refractivity contribution is -0.142. The molecule has 1 amide bonds. The number of nitrogens with zero attached hydrogens (tertiary/aromatic N) is 2. The number of amides is 1. The van der Waals surface area contributed by atoms with Crippen molar-refractivity contribution in [2.45, 2.75) is 58.9 Å². The Labute approximate surface area is 98.4 Å². The number of likely N-dealkylation sites (tertiary alicyclic amines) is 1. The zero-order valence-electron chi connectivity index (χ0n) is 10.8. The van der Waals surface area contributed by atoms with E-state index in [1.54, 1.807) is 0 Å². The fraction of sp³-hybridized carbons (Fsp3) is 0.846. The highest BCUT2D eigenvalue weighted by Crippen LogP contribution is 2.36. The van der Waals surface area contributed by atoms with Gasteiger partial charge in [-0.25, -0.2) is 0 Å². The molecule has 90 valence electrons. The molecule has 3 nitrogen and oxygen atoms in total. The van der Waals surface area contributed by atoms with Crippen LogP contribution in [0, 0.1) is 16.7 Å². The van der Waals surface area contributed by atoms with Gasteiger partial charge in [0.15, 0.2) is 0 Å². The van der Waals surface area contributed by atoms with Crippen LogP contribution in [-0.2, 0) is 4.79 Å². The third-order valence-electron chi connectivity index (χ3n) is 3.98. The Kier molecular flexibility index (Phi) is 3.62. The molecule has 0 N–H and O–H groups in total. The monoisotopic (exact) mass is 222 g/mol. The Morgan fingerprint density at radius 1 is 1.44 bits per heavy atom. The predicted octanol–water partition coefficient (Wildman–Crippen LogP) is 2.72. The molecule has 0 aromatic carbocycles. The van der Waals surface area contributed by atoms with Gasteiger partial charge in [-0.2, -0.15) is 5.26 Å².